The Kier molecular flexibility index (Phi) is 7.07. The van der Waals surface area contributed by atoms with Gasteiger partial charge in [0.25, 0.3) is 0 Å². The second-order valence-electron chi connectivity index (χ2n) is 6.83. The van der Waals surface area contributed by atoms with E-state index in [9.17, 15) is 4.79 Å². The number of nitrogens with zero attached hydrogens (tertiary/aromatic N) is 2. The van der Waals surface area contributed by atoms with Crippen LogP contribution in [0.4, 0.5) is 0 Å². The van der Waals surface area contributed by atoms with Gasteiger partial charge in [0.2, 0.25) is 5.91 Å². The second-order valence-corrected chi connectivity index (χ2v) is 7.64. The van der Waals surface area contributed by atoms with E-state index in [1.165, 1.54) is 0 Å². The summed E-state index contributed by atoms with van der Waals surface area (Å²) in [4.78, 5) is 19.4. The van der Waals surface area contributed by atoms with Crippen LogP contribution in [-0.4, -0.2) is 27.9 Å². The molecule has 5 nitrogen and oxygen atoms in total. The highest BCUT2D eigenvalue weighted by molar-refractivity contribution is 6.42. The Labute approximate surface area is 170 Å². The molecule has 0 aliphatic carbocycles. The minimum absolute atomic E-state index is 0.0535. The molecule has 2 unspecified atom stereocenters. The van der Waals surface area contributed by atoms with E-state index < -0.39 is 0 Å². The van der Waals surface area contributed by atoms with E-state index in [0.29, 0.717) is 29.2 Å². The molecule has 1 aromatic heterocycles. The number of hydrazine groups is 1. The number of pyridine rings is 1. The molecule has 0 radical (unpaired) electrons. The molecule has 2 N–H and O–H groups in total. The maximum absolute atomic E-state index is 13.2. The van der Waals surface area contributed by atoms with Crippen molar-refractivity contribution in [2.24, 2.45) is 0 Å². The molecule has 2 heterocycles. The zero-order valence-electron chi connectivity index (χ0n) is 15.3. The number of carbonyl (C=O) groups is 1. The molecule has 1 aliphatic heterocycles. The molecule has 1 aromatic carbocycles. The van der Waals surface area contributed by atoms with Gasteiger partial charge in [-0.15, -0.1) is 0 Å². The number of halogens is 2. The van der Waals surface area contributed by atoms with Crippen LogP contribution in [0.15, 0.2) is 42.6 Å². The number of benzene rings is 1. The molecular weight excluding hydrogens is 383 g/mol. The Morgan fingerprint density at radius 1 is 1.19 bits per heavy atom. The fourth-order valence-corrected chi connectivity index (χ4v) is 3.62. The van der Waals surface area contributed by atoms with Gasteiger partial charge < -0.3 is 4.90 Å². The third-order valence-electron chi connectivity index (χ3n) is 4.67. The van der Waals surface area contributed by atoms with Crippen LogP contribution in [0.25, 0.3) is 0 Å². The predicted octanol–water partition coefficient (Wildman–Crippen LogP) is 3.95. The largest absolute Gasteiger partial charge is 0.331 e. The lowest BCUT2D eigenvalue weighted by Gasteiger charge is -2.25. The van der Waals surface area contributed by atoms with Crippen molar-refractivity contribution in [3.8, 4) is 0 Å². The van der Waals surface area contributed by atoms with Crippen LogP contribution in [0.1, 0.15) is 37.4 Å². The first-order valence-corrected chi connectivity index (χ1v) is 9.96. The first kappa shape index (κ1) is 20.1. The van der Waals surface area contributed by atoms with E-state index in [2.05, 4.69) is 22.8 Å². The summed E-state index contributed by atoms with van der Waals surface area (Å²) in [5.41, 5.74) is 8.18. The SMILES string of the molecule is CCCC1CC(C(=O)N(Cc2ccc(Cl)c(Cl)c2)Cc2ccccn2)NN1. The Balaban J connectivity index is 1.76. The van der Waals surface area contributed by atoms with E-state index in [4.69, 9.17) is 23.2 Å². The van der Waals surface area contributed by atoms with Crippen molar-refractivity contribution in [2.45, 2.75) is 51.4 Å². The lowest BCUT2D eigenvalue weighted by atomic mass is 10.0. The molecule has 2 atom stereocenters. The molecule has 7 heteroatoms. The Morgan fingerprint density at radius 3 is 2.74 bits per heavy atom. The van der Waals surface area contributed by atoms with Gasteiger partial charge in [-0.3, -0.25) is 15.2 Å². The van der Waals surface area contributed by atoms with Crippen LogP contribution < -0.4 is 10.9 Å². The van der Waals surface area contributed by atoms with Crippen LogP contribution in [0.2, 0.25) is 10.0 Å². The molecule has 27 heavy (non-hydrogen) atoms. The van der Waals surface area contributed by atoms with Crippen molar-refractivity contribution in [1.82, 2.24) is 20.7 Å². The summed E-state index contributed by atoms with van der Waals surface area (Å²) >= 11 is 12.2. The lowest BCUT2D eigenvalue weighted by Crippen LogP contribution is -2.45. The van der Waals surface area contributed by atoms with Crippen LogP contribution in [0, 0.1) is 0 Å². The Morgan fingerprint density at radius 2 is 2.04 bits per heavy atom. The number of aromatic nitrogens is 1. The van der Waals surface area contributed by atoms with Crippen LogP contribution in [-0.2, 0) is 17.9 Å². The zero-order chi connectivity index (χ0) is 19.2. The molecule has 1 aliphatic rings. The zero-order valence-corrected chi connectivity index (χ0v) is 16.8. The monoisotopic (exact) mass is 406 g/mol. The first-order chi connectivity index (χ1) is 13.1. The highest BCUT2D eigenvalue weighted by atomic mass is 35.5. The van der Waals surface area contributed by atoms with Crippen molar-refractivity contribution >= 4 is 29.1 Å². The fourth-order valence-electron chi connectivity index (χ4n) is 3.30. The summed E-state index contributed by atoms with van der Waals surface area (Å²) in [5, 5.41) is 0.996. The maximum Gasteiger partial charge on any atom is 0.241 e. The molecule has 1 amide bonds. The Bertz CT molecular complexity index is 772. The highest BCUT2D eigenvalue weighted by Gasteiger charge is 2.32. The number of amides is 1. The van der Waals surface area contributed by atoms with Crippen molar-refractivity contribution in [2.75, 3.05) is 0 Å². The normalized spacial score (nSPS) is 19.2. The topological polar surface area (TPSA) is 57.3 Å². The van der Waals surface area contributed by atoms with Gasteiger partial charge in [-0.2, -0.15) is 0 Å². The molecule has 1 saturated heterocycles. The molecular formula is C20H24Cl2N4O. The minimum atomic E-state index is -0.243. The number of rotatable bonds is 7. The average Bonchev–Trinajstić information content (AvgIpc) is 3.13. The summed E-state index contributed by atoms with van der Waals surface area (Å²) in [5.74, 6) is 0.0535. The second kappa shape index (κ2) is 9.51. The molecule has 0 bridgehead atoms. The third-order valence-corrected chi connectivity index (χ3v) is 5.40. The van der Waals surface area contributed by atoms with Gasteiger partial charge in [0, 0.05) is 18.8 Å². The number of nitrogens with one attached hydrogen (secondary N) is 2. The highest BCUT2D eigenvalue weighted by Crippen LogP contribution is 2.24. The van der Waals surface area contributed by atoms with Gasteiger partial charge in [-0.1, -0.05) is 48.7 Å². The maximum atomic E-state index is 13.2. The molecule has 2 aromatic rings. The molecule has 144 valence electrons. The summed E-state index contributed by atoms with van der Waals surface area (Å²) in [6, 6.07) is 11.3. The predicted molar refractivity (Wildman–Crippen MR) is 108 cm³/mol. The van der Waals surface area contributed by atoms with E-state index in [-0.39, 0.29) is 11.9 Å². The summed E-state index contributed by atoms with van der Waals surface area (Å²) in [6.07, 6.45) is 4.65. The van der Waals surface area contributed by atoms with Crippen molar-refractivity contribution in [3.05, 3.63) is 63.9 Å². The summed E-state index contributed by atoms with van der Waals surface area (Å²) in [7, 11) is 0. The smallest absolute Gasteiger partial charge is 0.241 e. The van der Waals surface area contributed by atoms with Crippen LogP contribution >= 0.6 is 23.2 Å². The van der Waals surface area contributed by atoms with Crippen LogP contribution in [0.5, 0.6) is 0 Å². The van der Waals surface area contributed by atoms with Crippen molar-refractivity contribution < 1.29 is 4.79 Å². The number of hydrogen-bond acceptors (Lipinski definition) is 4. The van der Waals surface area contributed by atoms with Crippen molar-refractivity contribution in [3.63, 3.8) is 0 Å². The molecule has 3 rings (SSSR count). The fraction of sp³-hybridized carbons (Fsp3) is 0.400. The molecule has 0 saturated carbocycles. The Hall–Kier alpha value is -1.66. The van der Waals surface area contributed by atoms with Gasteiger partial charge in [0.1, 0.15) is 6.04 Å². The molecule has 0 spiro atoms. The van der Waals surface area contributed by atoms with Gasteiger partial charge in [-0.25, -0.2) is 5.43 Å². The summed E-state index contributed by atoms with van der Waals surface area (Å²) < 4.78 is 0. The van der Waals surface area contributed by atoms with Gasteiger partial charge in [0.15, 0.2) is 0 Å². The number of hydrogen-bond donors (Lipinski definition) is 2. The van der Waals surface area contributed by atoms with E-state index in [1.807, 2.05) is 35.2 Å². The summed E-state index contributed by atoms with van der Waals surface area (Å²) in [6.45, 7) is 3.04. The molecule has 1 fully saturated rings. The quantitative estimate of drug-likeness (QED) is 0.730. The van der Waals surface area contributed by atoms with Gasteiger partial charge in [0.05, 0.1) is 22.3 Å². The average molecular weight is 407 g/mol. The van der Waals surface area contributed by atoms with Gasteiger partial charge >= 0.3 is 0 Å². The number of carbonyl (C=O) groups excluding carboxylic acids is 1. The first-order valence-electron chi connectivity index (χ1n) is 9.20. The van der Waals surface area contributed by atoms with E-state index >= 15 is 0 Å². The van der Waals surface area contributed by atoms with E-state index in [0.717, 1.165) is 30.5 Å². The van der Waals surface area contributed by atoms with E-state index in [1.54, 1.807) is 12.3 Å². The standard InChI is InChI=1S/C20H24Cl2N4O/c1-2-5-15-11-19(25-24-15)20(27)26(13-16-6-3-4-9-23-16)12-14-7-8-17(21)18(22)10-14/h3-4,6-10,15,19,24-25H,2,5,11-13H2,1H3. The van der Waals surface area contributed by atoms with Crippen LogP contribution in [0.3, 0.4) is 0 Å². The lowest BCUT2D eigenvalue weighted by molar-refractivity contribution is -0.134. The van der Waals surface area contributed by atoms with Crippen molar-refractivity contribution in [1.29, 1.82) is 0 Å². The minimum Gasteiger partial charge on any atom is -0.331 e. The van der Waals surface area contributed by atoms with Gasteiger partial charge in [-0.05, 0) is 42.7 Å². The third kappa shape index (κ3) is 5.42.